The van der Waals surface area contributed by atoms with E-state index in [9.17, 15) is 9.59 Å². The molecular formula is C17H22N2O3. The number of hydrogen-bond donors (Lipinski definition) is 0. The normalized spacial score (nSPS) is 25.6. The van der Waals surface area contributed by atoms with Crippen LogP contribution in [0.15, 0.2) is 24.3 Å². The standard InChI is InChI=1S/C17H22N2O3/c1-12-11-22-13(2)10-19(12)17(21)14-5-7-15(8-6-14)18-9-3-4-16(18)20/h5-8,12-13H,3-4,9-11H2,1-2H3. The Labute approximate surface area is 130 Å². The van der Waals surface area contributed by atoms with Crippen molar-refractivity contribution in [2.45, 2.75) is 38.8 Å². The summed E-state index contributed by atoms with van der Waals surface area (Å²) in [6.07, 6.45) is 1.59. The van der Waals surface area contributed by atoms with Gasteiger partial charge in [-0.05, 0) is 44.5 Å². The molecule has 0 saturated carbocycles. The minimum absolute atomic E-state index is 0.0296. The number of rotatable bonds is 2. The van der Waals surface area contributed by atoms with Crippen molar-refractivity contribution in [1.29, 1.82) is 0 Å². The molecule has 2 aliphatic heterocycles. The largest absolute Gasteiger partial charge is 0.375 e. The topological polar surface area (TPSA) is 49.9 Å². The van der Waals surface area contributed by atoms with E-state index in [0.717, 1.165) is 18.7 Å². The lowest BCUT2D eigenvalue weighted by molar-refractivity contribution is -0.117. The zero-order valence-electron chi connectivity index (χ0n) is 13.1. The SMILES string of the molecule is CC1CN(C(=O)c2ccc(N3CCCC3=O)cc2)C(C)CO1. The summed E-state index contributed by atoms with van der Waals surface area (Å²) in [7, 11) is 0. The van der Waals surface area contributed by atoms with Crippen LogP contribution < -0.4 is 4.90 Å². The molecule has 0 N–H and O–H groups in total. The molecule has 5 nitrogen and oxygen atoms in total. The third-order valence-electron chi connectivity index (χ3n) is 4.37. The molecule has 0 aliphatic carbocycles. The summed E-state index contributed by atoms with van der Waals surface area (Å²) < 4.78 is 5.57. The van der Waals surface area contributed by atoms with Crippen molar-refractivity contribution in [3.63, 3.8) is 0 Å². The number of anilines is 1. The van der Waals surface area contributed by atoms with Crippen molar-refractivity contribution in [3.8, 4) is 0 Å². The van der Waals surface area contributed by atoms with Gasteiger partial charge in [-0.25, -0.2) is 0 Å². The van der Waals surface area contributed by atoms with Gasteiger partial charge in [-0.15, -0.1) is 0 Å². The molecule has 0 radical (unpaired) electrons. The number of ether oxygens (including phenoxy) is 1. The van der Waals surface area contributed by atoms with Gasteiger partial charge in [0, 0.05) is 30.8 Å². The van der Waals surface area contributed by atoms with Crippen LogP contribution in [0.4, 0.5) is 5.69 Å². The number of hydrogen-bond acceptors (Lipinski definition) is 3. The lowest BCUT2D eigenvalue weighted by Crippen LogP contribution is -2.50. The summed E-state index contributed by atoms with van der Waals surface area (Å²) in [6.45, 7) is 5.94. The first-order chi connectivity index (χ1) is 10.6. The fourth-order valence-electron chi connectivity index (χ4n) is 3.06. The minimum Gasteiger partial charge on any atom is -0.375 e. The molecule has 0 spiro atoms. The van der Waals surface area contributed by atoms with E-state index in [1.54, 1.807) is 4.90 Å². The summed E-state index contributed by atoms with van der Waals surface area (Å²) in [6, 6.07) is 7.45. The molecule has 2 amide bonds. The first kappa shape index (κ1) is 15.0. The van der Waals surface area contributed by atoms with Gasteiger partial charge in [-0.2, -0.15) is 0 Å². The summed E-state index contributed by atoms with van der Waals surface area (Å²) >= 11 is 0. The second-order valence-corrected chi connectivity index (χ2v) is 6.15. The Balaban J connectivity index is 1.74. The third-order valence-corrected chi connectivity index (χ3v) is 4.37. The highest BCUT2D eigenvalue weighted by atomic mass is 16.5. The molecular weight excluding hydrogens is 280 g/mol. The van der Waals surface area contributed by atoms with Gasteiger partial charge in [0.1, 0.15) is 0 Å². The Morgan fingerprint density at radius 3 is 2.59 bits per heavy atom. The van der Waals surface area contributed by atoms with Crippen LogP contribution in [0.3, 0.4) is 0 Å². The quantitative estimate of drug-likeness (QED) is 0.840. The van der Waals surface area contributed by atoms with Gasteiger partial charge in [0.15, 0.2) is 0 Å². The minimum atomic E-state index is 0.0296. The third kappa shape index (κ3) is 2.86. The Kier molecular flexibility index (Phi) is 4.16. The Bertz CT molecular complexity index is 570. The van der Waals surface area contributed by atoms with Crippen LogP contribution in [0, 0.1) is 0 Å². The zero-order chi connectivity index (χ0) is 15.7. The maximum absolute atomic E-state index is 12.6. The van der Waals surface area contributed by atoms with Crippen LogP contribution in [-0.2, 0) is 9.53 Å². The van der Waals surface area contributed by atoms with E-state index in [-0.39, 0.29) is 24.0 Å². The number of carbonyl (C=O) groups excluding carboxylic acids is 2. The lowest BCUT2D eigenvalue weighted by Gasteiger charge is -2.36. The number of amides is 2. The molecule has 0 bridgehead atoms. The predicted molar refractivity (Wildman–Crippen MR) is 83.9 cm³/mol. The summed E-state index contributed by atoms with van der Waals surface area (Å²) in [5.74, 6) is 0.191. The number of benzene rings is 1. The molecule has 22 heavy (non-hydrogen) atoms. The summed E-state index contributed by atoms with van der Waals surface area (Å²) in [5, 5.41) is 0. The van der Waals surface area contributed by atoms with E-state index >= 15 is 0 Å². The summed E-state index contributed by atoms with van der Waals surface area (Å²) in [4.78, 5) is 28.0. The molecule has 3 rings (SSSR count). The average Bonchev–Trinajstić information content (AvgIpc) is 2.95. The van der Waals surface area contributed by atoms with Crippen molar-refractivity contribution in [3.05, 3.63) is 29.8 Å². The molecule has 0 aromatic heterocycles. The molecule has 5 heteroatoms. The van der Waals surface area contributed by atoms with E-state index in [4.69, 9.17) is 4.74 Å². The van der Waals surface area contributed by atoms with Crippen LogP contribution in [0.2, 0.25) is 0 Å². The molecule has 2 heterocycles. The Morgan fingerprint density at radius 1 is 1.23 bits per heavy atom. The smallest absolute Gasteiger partial charge is 0.254 e. The van der Waals surface area contributed by atoms with Crippen molar-refractivity contribution >= 4 is 17.5 Å². The highest BCUT2D eigenvalue weighted by Crippen LogP contribution is 2.23. The molecule has 2 saturated heterocycles. The highest BCUT2D eigenvalue weighted by molar-refractivity contribution is 5.97. The maximum atomic E-state index is 12.6. The highest BCUT2D eigenvalue weighted by Gasteiger charge is 2.28. The second-order valence-electron chi connectivity index (χ2n) is 6.15. The van der Waals surface area contributed by atoms with E-state index < -0.39 is 0 Å². The van der Waals surface area contributed by atoms with Gasteiger partial charge in [-0.1, -0.05) is 0 Å². The zero-order valence-corrected chi connectivity index (χ0v) is 13.1. The van der Waals surface area contributed by atoms with E-state index in [2.05, 4.69) is 0 Å². The molecule has 2 fully saturated rings. The van der Waals surface area contributed by atoms with Crippen LogP contribution in [-0.4, -0.2) is 48.6 Å². The number of carbonyl (C=O) groups is 2. The van der Waals surface area contributed by atoms with E-state index in [1.807, 2.05) is 43.0 Å². The maximum Gasteiger partial charge on any atom is 0.254 e. The van der Waals surface area contributed by atoms with Crippen molar-refractivity contribution in [2.24, 2.45) is 0 Å². The molecule has 2 atom stereocenters. The molecule has 1 aromatic carbocycles. The molecule has 1 aromatic rings. The number of morpholine rings is 1. The number of nitrogens with zero attached hydrogens (tertiary/aromatic N) is 2. The molecule has 118 valence electrons. The van der Waals surface area contributed by atoms with Crippen LogP contribution >= 0.6 is 0 Å². The van der Waals surface area contributed by atoms with E-state index in [0.29, 0.717) is 25.1 Å². The second kappa shape index (κ2) is 6.08. The average molecular weight is 302 g/mol. The van der Waals surface area contributed by atoms with Gasteiger partial charge in [0.05, 0.1) is 18.8 Å². The monoisotopic (exact) mass is 302 g/mol. The first-order valence-corrected chi connectivity index (χ1v) is 7.89. The van der Waals surface area contributed by atoms with Gasteiger partial charge in [-0.3, -0.25) is 9.59 Å². The molecule has 2 aliphatic rings. The summed E-state index contributed by atoms with van der Waals surface area (Å²) in [5.41, 5.74) is 1.54. The molecule has 2 unspecified atom stereocenters. The van der Waals surface area contributed by atoms with Gasteiger partial charge >= 0.3 is 0 Å². The van der Waals surface area contributed by atoms with Gasteiger partial charge in [0.25, 0.3) is 5.91 Å². The van der Waals surface area contributed by atoms with E-state index in [1.165, 1.54) is 0 Å². The van der Waals surface area contributed by atoms with Crippen LogP contribution in [0.1, 0.15) is 37.0 Å². The van der Waals surface area contributed by atoms with Gasteiger partial charge in [0.2, 0.25) is 5.91 Å². The van der Waals surface area contributed by atoms with Crippen LogP contribution in [0.5, 0.6) is 0 Å². The fourth-order valence-corrected chi connectivity index (χ4v) is 3.06. The van der Waals surface area contributed by atoms with Gasteiger partial charge < -0.3 is 14.5 Å². The predicted octanol–water partition coefficient (Wildman–Crippen LogP) is 2.06. The van der Waals surface area contributed by atoms with Crippen LogP contribution in [0.25, 0.3) is 0 Å². The Morgan fingerprint density at radius 2 is 1.95 bits per heavy atom. The first-order valence-electron chi connectivity index (χ1n) is 7.89. The Hall–Kier alpha value is -1.88. The lowest BCUT2D eigenvalue weighted by atomic mass is 10.1. The van der Waals surface area contributed by atoms with Crippen molar-refractivity contribution < 1.29 is 14.3 Å². The van der Waals surface area contributed by atoms with Crippen molar-refractivity contribution in [2.75, 3.05) is 24.6 Å². The van der Waals surface area contributed by atoms with Crippen molar-refractivity contribution in [1.82, 2.24) is 4.90 Å². The fraction of sp³-hybridized carbons (Fsp3) is 0.529.